The number of ether oxygens (including phenoxy) is 1. The van der Waals surface area contributed by atoms with Crippen LogP contribution in [-0.4, -0.2) is 12.2 Å². The number of hydrogen-bond donors (Lipinski definition) is 0. The first-order valence-electron chi connectivity index (χ1n) is 4.91. The Morgan fingerprint density at radius 1 is 1.00 bits per heavy atom. The molecule has 0 heterocycles. The Labute approximate surface area is 77.5 Å². The van der Waals surface area contributed by atoms with Gasteiger partial charge in [-0.2, -0.15) is 0 Å². The van der Waals surface area contributed by atoms with Crippen LogP contribution in [-0.2, 0) is 4.74 Å². The molecule has 1 heteroatoms. The van der Waals surface area contributed by atoms with Gasteiger partial charge < -0.3 is 4.74 Å². The normalized spacial score (nSPS) is 13.5. The summed E-state index contributed by atoms with van der Waals surface area (Å²) in [6, 6.07) is 0. The highest BCUT2D eigenvalue weighted by molar-refractivity contribution is 4.69. The van der Waals surface area contributed by atoms with Gasteiger partial charge in [-0.25, -0.2) is 0 Å². The summed E-state index contributed by atoms with van der Waals surface area (Å²) in [7, 11) is 0. The largest absolute Gasteiger partial charge is 0.375 e. The van der Waals surface area contributed by atoms with Gasteiger partial charge in [0.15, 0.2) is 0 Å². The smallest absolute Gasteiger partial charge is 0.0598 e. The van der Waals surface area contributed by atoms with Crippen LogP contribution >= 0.6 is 0 Å². The number of rotatable bonds is 4. The van der Waals surface area contributed by atoms with E-state index in [0.717, 1.165) is 6.61 Å². The second kappa shape index (κ2) is 4.27. The van der Waals surface area contributed by atoms with Gasteiger partial charge in [0.1, 0.15) is 0 Å². The molecule has 0 aromatic rings. The van der Waals surface area contributed by atoms with Gasteiger partial charge in [-0.1, -0.05) is 27.2 Å². The summed E-state index contributed by atoms with van der Waals surface area (Å²) in [5.74, 6) is 0. The van der Waals surface area contributed by atoms with Gasteiger partial charge in [0, 0.05) is 0 Å². The van der Waals surface area contributed by atoms with Crippen molar-refractivity contribution < 1.29 is 4.74 Å². The molecule has 0 fully saturated rings. The lowest BCUT2D eigenvalue weighted by Crippen LogP contribution is -2.27. The van der Waals surface area contributed by atoms with Crippen molar-refractivity contribution in [2.45, 2.75) is 60.0 Å². The van der Waals surface area contributed by atoms with Gasteiger partial charge >= 0.3 is 0 Å². The van der Waals surface area contributed by atoms with Crippen molar-refractivity contribution in [1.82, 2.24) is 0 Å². The maximum absolute atomic E-state index is 5.75. The minimum Gasteiger partial charge on any atom is -0.375 e. The summed E-state index contributed by atoms with van der Waals surface area (Å²) in [6.45, 7) is 13.9. The predicted octanol–water partition coefficient (Wildman–Crippen LogP) is 3.63. The van der Waals surface area contributed by atoms with Crippen LogP contribution in [0.15, 0.2) is 0 Å². The fraction of sp³-hybridized carbons (Fsp3) is 1.00. The van der Waals surface area contributed by atoms with Gasteiger partial charge in [-0.3, -0.25) is 0 Å². The van der Waals surface area contributed by atoms with Gasteiger partial charge in [-0.15, -0.1) is 0 Å². The summed E-state index contributed by atoms with van der Waals surface area (Å²) in [6.07, 6.45) is 2.48. The summed E-state index contributed by atoms with van der Waals surface area (Å²) >= 11 is 0. The molecule has 0 unspecified atom stereocenters. The van der Waals surface area contributed by atoms with Crippen molar-refractivity contribution in [2.75, 3.05) is 6.61 Å². The quantitative estimate of drug-likeness (QED) is 0.629. The van der Waals surface area contributed by atoms with Crippen molar-refractivity contribution in [3.63, 3.8) is 0 Å². The van der Waals surface area contributed by atoms with Crippen molar-refractivity contribution in [1.29, 1.82) is 0 Å². The Morgan fingerprint density at radius 3 is 1.83 bits per heavy atom. The maximum Gasteiger partial charge on any atom is 0.0598 e. The van der Waals surface area contributed by atoms with E-state index in [-0.39, 0.29) is 5.60 Å². The molecule has 1 nitrogen and oxygen atoms in total. The first kappa shape index (κ1) is 12.0. The Kier molecular flexibility index (Phi) is 4.25. The van der Waals surface area contributed by atoms with E-state index in [1.165, 1.54) is 12.8 Å². The molecule has 0 aliphatic heterocycles. The SMILES string of the molecule is CCCC(C)(C)COC(C)(C)C. The Balaban J connectivity index is 3.75. The third kappa shape index (κ3) is 6.66. The third-order valence-corrected chi connectivity index (χ3v) is 1.82. The van der Waals surface area contributed by atoms with Crippen LogP contribution in [0.1, 0.15) is 54.4 Å². The van der Waals surface area contributed by atoms with Gasteiger partial charge in [0.2, 0.25) is 0 Å². The average Bonchev–Trinajstić information content (AvgIpc) is 1.83. The summed E-state index contributed by atoms with van der Waals surface area (Å²) < 4.78 is 5.75. The molecule has 0 atom stereocenters. The molecule has 0 aromatic carbocycles. The molecule has 0 N–H and O–H groups in total. The van der Waals surface area contributed by atoms with Crippen molar-refractivity contribution >= 4 is 0 Å². The molecule has 0 saturated carbocycles. The first-order valence-corrected chi connectivity index (χ1v) is 4.91. The maximum atomic E-state index is 5.75. The third-order valence-electron chi connectivity index (χ3n) is 1.82. The second-order valence-corrected chi connectivity index (χ2v) is 5.32. The highest BCUT2D eigenvalue weighted by Gasteiger charge is 2.20. The Hall–Kier alpha value is -0.0400. The van der Waals surface area contributed by atoms with Crippen LogP contribution in [0, 0.1) is 5.41 Å². The van der Waals surface area contributed by atoms with E-state index < -0.39 is 0 Å². The molecule has 0 aromatic heterocycles. The van der Waals surface area contributed by atoms with Crippen LogP contribution < -0.4 is 0 Å². The summed E-state index contributed by atoms with van der Waals surface area (Å²) in [5.41, 5.74) is 0.340. The molecule has 0 aliphatic rings. The molecule has 74 valence electrons. The minimum absolute atomic E-state index is 0.00497. The Bertz CT molecular complexity index is 119. The molecular formula is C11H24O. The monoisotopic (exact) mass is 172 g/mol. The molecule has 0 bridgehead atoms. The van der Waals surface area contributed by atoms with Crippen LogP contribution in [0.2, 0.25) is 0 Å². The first-order chi connectivity index (χ1) is 5.27. The standard InChI is InChI=1S/C11H24O/c1-7-8-11(5,6)9-12-10(2,3)4/h7-9H2,1-6H3. The van der Waals surface area contributed by atoms with Gasteiger partial charge in [-0.05, 0) is 32.6 Å². The zero-order valence-corrected chi connectivity index (χ0v) is 9.53. The van der Waals surface area contributed by atoms with Crippen LogP contribution in [0.5, 0.6) is 0 Å². The van der Waals surface area contributed by atoms with E-state index in [4.69, 9.17) is 4.74 Å². The Morgan fingerprint density at radius 2 is 1.50 bits per heavy atom. The molecule has 0 radical (unpaired) electrons. The van der Waals surface area contributed by atoms with Crippen LogP contribution in [0.25, 0.3) is 0 Å². The molecule has 0 rings (SSSR count). The van der Waals surface area contributed by atoms with Gasteiger partial charge in [0.25, 0.3) is 0 Å². The van der Waals surface area contributed by atoms with E-state index in [0.29, 0.717) is 5.41 Å². The minimum atomic E-state index is 0.00497. The van der Waals surface area contributed by atoms with Crippen molar-refractivity contribution in [3.8, 4) is 0 Å². The highest BCUT2D eigenvalue weighted by Crippen LogP contribution is 2.24. The zero-order valence-electron chi connectivity index (χ0n) is 9.53. The predicted molar refractivity (Wildman–Crippen MR) is 54.4 cm³/mol. The fourth-order valence-corrected chi connectivity index (χ4v) is 1.16. The number of hydrogen-bond acceptors (Lipinski definition) is 1. The molecule has 0 aliphatic carbocycles. The van der Waals surface area contributed by atoms with E-state index in [1.807, 2.05) is 0 Å². The van der Waals surface area contributed by atoms with E-state index in [2.05, 4.69) is 41.5 Å². The van der Waals surface area contributed by atoms with E-state index in [9.17, 15) is 0 Å². The second-order valence-electron chi connectivity index (χ2n) is 5.32. The lowest BCUT2D eigenvalue weighted by atomic mass is 9.89. The fourth-order valence-electron chi connectivity index (χ4n) is 1.16. The van der Waals surface area contributed by atoms with E-state index in [1.54, 1.807) is 0 Å². The zero-order chi connectivity index (χ0) is 9.83. The van der Waals surface area contributed by atoms with Crippen LogP contribution in [0.3, 0.4) is 0 Å². The van der Waals surface area contributed by atoms with Crippen molar-refractivity contribution in [2.24, 2.45) is 5.41 Å². The summed E-state index contributed by atoms with van der Waals surface area (Å²) in [5, 5.41) is 0. The molecular weight excluding hydrogens is 148 g/mol. The topological polar surface area (TPSA) is 9.23 Å². The van der Waals surface area contributed by atoms with Crippen molar-refractivity contribution in [3.05, 3.63) is 0 Å². The molecule has 12 heavy (non-hydrogen) atoms. The summed E-state index contributed by atoms with van der Waals surface area (Å²) in [4.78, 5) is 0. The lowest BCUT2D eigenvalue weighted by Gasteiger charge is -2.29. The highest BCUT2D eigenvalue weighted by atomic mass is 16.5. The van der Waals surface area contributed by atoms with E-state index >= 15 is 0 Å². The molecule has 0 amide bonds. The lowest BCUT2D eigenvalue weighted by molar-refractivity contribution is -0.0450. The van der Waals surface area contributed by atoms with Crippen LogP contribution in [0.4, 0.5) is 0 Å². The molecule has 0 saturated heterocycles. The van der Waals surface area contributed by atoms with Gasteiger partial charge in [0.05, 0.1) is 12.2 Å². The average molecular weight is 172 g/mol. The molecule has 0 spiro atoms.